The van der Waals surface area contributed by atoms with Gasteiger partial charge in [-0.15, -0.1) is 0 Å². The lowest BCUT2D eigenvalue weighted by atomic mass is 9.69. The Morgan fingerprint density at radius 2 is 1.94 bits per heavy atom. The molecule has 0 bridgehead atoms. The highest BCUT2D eigenvalue weighted by atomic mass is 15.0. The molecule has 0 aromatic rings. The molecular formula is C15H30N2. The van der Waals surface area contributed by atoms with E-state index in [2.05, 4.69) is 31.4 Å². The molecule has 17 heavy (non-hydrogen) atoms. The highest BCUT2D eigenvalue weighted by Crippen LogP contribution is 2.40. The molecule has 100 valence electrons. The van der Waals surface area contributed by atoms with Crippen LogP contribution in [0.2, 0.25) is 0 Å². The third-order valence-corrected chi connectivity index (χ3v) is 4.73. The molecule has 0 heterocycles. The summed E-state index contributed by atoms with van der Waals surface area (Å²) in [4.78, 5) is 0. The van der Waals surface area contributed by atoms with E-state index in [0.717, 1.165) is 18.5 Å². The standard InChI is InChI=1S/C15H30N2/c1-12(10-17-14-7-8-14)16-11-13-6-4-5-9-15(13,2)3/h12-14,16-17H,4-11H2,1-3H3. The average Bonchev–Trinajstić information content (AvgIpc) is 3.08. The van der Waals surface area contributed by atoms with E-state index in [1.807, 2.05) is 0 Å². The maximum absolute atomic E-state index is 3.73. The quantitative estimate of drug-likeness (QED) is 0.743. The Morgan fingerprint density at radius 3 is 2.59 bits per heavy atom. The van der Waals surface area contributed by atoms with Gasteiger partial charge in [0.05, 0.1) is 0 Å². The van der Waals surface area contributed by atoms with Crippen molar-refractivity contribution in [2.24, 2.45) is 11.3 Å². The van der Waals surface area contributed by atoms with Crippen LogP contribution in [0.25, 0.3) is 0 Å². The zero-order valence-electron chi connectivity index (χ0n) is 11.9. The van der Waals surface area contributed by atoms with E-state index in [-0.39, 0.29) is 0 Å². The first-order chi connectivity index (χ1) is 8.08. The van der Waals surface area contributed by atoms with E-state index < -0.39 is 0 Å². The molecule has 2 fully saturated rings. The van der Waals surface area contributed by atoms with Crippen LogP contribution in [0.4, 0.5) is 0 Å². The fourth-order valence-corrected chi connectivity index (χ4v) is 2.99. The van der Waals surface area contributed by atoms with Gasteiger partial charge in [0.15, 0.2) is 0 Å². The Hall–Kier alpha value is -0.0800. The normalized spacial score (nSPS) is 30.2. The van der Waals surface area contributed by atoms with Gasteiger partial charge >= 0.3 is 0 Å². The van der Waals surface area contributed by atoms with E-state index in [1.165, 1.54) is 45.1 Å². The third kappa shape index (κ3) is 4.26. The summed E-state index contributed by atoms with van der Waals surface area (Å²) >= 11 is 0. The summed E-state index contributed by atoms with van der Waals surface area (Å²) < 4.78 is 0. The predicted molar refractivity (Wildman–Crippen MR) is 74.2 cm³/mol. The summed E-state index contributed by atoms with van der Waals surface area (Å²) in [5, 5.41) is 7.33. The topological polar surface area (TPSA) is 24.1 Å². The van der Waals surface area contributed by atoms with Crippen LogP contribution < -0.4 is 10.6 Å². The molecule has 0 amide bonds. The Kier molecular flexibility index (Phi) is 4.48. The molecule has 2 saturated carbocycles. The van der Waals surface area contributed by atoms with Gasteiger partial charge in [-0.25, -0.2) is 0 Å². The highest BCUT2D eigenvalue weighted by molar-refractivity contribution is 4.86. The summed E-state index contributed by atoms with van der Waals surface area (Å²) in [5.74, 6) is 0.875. The zero-order chi connectivity index (χ0) is 12.3. The van der Waals surface area contributed by atoms with Gasteiger partial charge in [0.1, 0.15) is 0 Å². The van der Waals surface area contributed by atoms with Crippen molar-refractivity contribution in [2.75, 3.05) is 13.1 Å². The molecule has 0 aromatic carbocycles. The average molecular weight is 238 g/mol. The summed E-state index contributed by atoms with van der Waals surface area (Å²) in [6, 6.07) is 1.46. The predicted octanol–water partition coefficient (Wildman–Crippen LogP) is 2.93. The first kappa shape index (κ1) is 13.4. The molecule has 0 aliphatic heterocycles. The molecule has 2 nitrogen and oxygen atoms in total. The molecule has 2 heteroatoms. The molecule has 0 saturated heterocycles. The van der Waals surface area contributed by atoms with Gasteiger partial charge < -0.3 is 10.6 Å². The van der Waals surface area contributed by atoms with Crippen molar-refractivity contribution in [2.45, 2.75) is 71.4 Å². The van der Waals surface area contributed by atoms with Crippen molar-refractivity contribution in [1.82, 2.24) is 10.6 Å². The zero-order valence-corrected chi connectivity index (χ0v) is 11.9. The van der Waals surface area contributed by atoms with Crippen LogP contribution in [0.15, 0.2) is 0 Å². The lowest BCUT2D eigenvalue weighted by molar-refractivity contribution is 0.133. The van der Waals surface area contributed by atoms with Gasteiger partial charge in [0, 0.05) is 18.6 Å². The van der Waals surface area contributed by atoms with E-state index in [1.54, 1.807) is 0 Å². The second-order valence-electron chi connectivity index (χ2n) is 6.92. The Balaban J connectivity index is 1.64. The molecule has 0 spiro atoms. The first-order valence-electron chi connectivity index (χ1n) is 7.55. The van der Waals surface area contributed by atoms with E-state index in [0.29, 0.717) is 11.5 Å². The largest absolute Gasteiger partial charge is 0.313 e. The van der Waals surface area contributed by atoms with Crippen LogP contribution in [0.5, 0.6) is 0 Å². The number of rotatable bonds is 6. The van der Waals surface area contributed by atoms with Gasteiger partial charge in [-0.05, 0) is 50.5 Å². The van der Waals surface area contributed by atoms with Gasteiger partial charge in [-0.3, -0.25) is 0 Å². The molecule has 2 atom stereocenters. The first-order valence-corrected chi connectivity index (χ1v) is 7.55. The van der Waals surface area contributed by atoms with Gasteiger partial charge in [0.2, 0.25) is 0 Å². The molecule has 0 radical (unpaired) electrons. The van der Waals surface area contributed by atoms with Crippen LogP contribution in [0, 0.1) is 11.3 Å². The van der Waals surface area contributed by atoms with Crippen molar-refractivity contribution in [3.8, 4) is 0 Å². The van der Waals surface area contributed by atoms with Crippen LogP contribution >= 0.6 is 0 Å². The maximum Gasteiger partial charge on any atom is 0.0164 e. The second-order valence-corrected chi connectivity index (χ2v) is 6.92. The van der Waals surface area contributed by atoms with Crippen LogP contribution in [-0.4, -0.2) is 25.2 Å². The third-order valence-electron chi connectivity index (χ3n) is 4.73. The summed E-state index contributed by atoms with van der Waals surface area (Å²) in [6.07, 6.45) is 8.48. The van der Waals surface area contributed by atoms with Crippen LogP contribution in [0.1, 0.15) is 59.3 Å². The molecule has 2 aliphatic rings. The van der Waals surface area contributed by atoms with Gasteiger partial charge in [-0.2, -0.15) is 0 Å². The highest BCUT2D eigenvalue weighted by Gasteiger charge is 2.31. The van der Waals surface area contributed by atoms with E-state index in [4.69, 9.17) is 0 Å². The van der Waals surface area contributed by atoms with E-state index >= 15 is 0 Å². The minimum absolute atomic E-state index is 0.550. The summed E-state index contributed by atoms with van der Waals surface area (Å²) in [7, 11) is 0. The van der Waals surface area contributed by atoms with Gasteiger partial charge in [0.25, 0.3) is 0 Å². The lowest BCUT2D eigenvalue weighted by Gasteiger charge is -2.39. The van der Waals surface area contributed by atoms with Crippen molar-refractivity contribution >= 4 is 0 Å². The molecule has 2 aliphatic carbocycles. The van der Waals surface area contributed by atoms with Crippen LogP contribution in [0.3, 0.4) is 0 Å². The number of hydrogen-bond donors (Lipinski definition) is 2. The fraction of sp³-hybridized carbons (Fsp3) is 1.00. The molecule has 2 unspecified atom stereocenters. The second kappa shape index (κ2) is 5.71. The van der Waals surface area contributed by atoms with Crippen molar-refractivity contribution < 1.29 is 0 Å². The Labute approximate surface area is 107 Å². The summed E-state index contributed by atoms with van der Waals surface area (Å²) in [5.41, 5.74) is 0.550. The summed E-state index contributed by atoms with van der Waals surface area (Å²) in [6.45, 7) is 9.56. The molecular weight excluding hydrogens is 208 g/mol. The molecule has 2 N–H and O–H groups in total. The molecule has 0 aromatic heterocycles. The van der Waals surface area contributed by atoms with Crippen molar-refractivity contribution in [3.05, 3.63) is 0 Å². The SMILES string of the molecule is CC(CNC1CC1)NCC1CCCCC1(C)C. The van der Waals surface area contributed by atoms with Crippen molar-refractivity contribution in [3.63, 3.8) is 0 Å². The van der Waals surface area contributed by atoms with E-state index in [9.17, 15) is 0 Å². The minimum Gasteiger partial charge on any atom is -0.313 e. The smallest absolute Gasteiger partial charge is 0.0164 e. The van der Waals surface area contributed by atoms with Gasteiger partial charge in [-0.1, -0.05) is 26.7 Å². The molecule has 2 rings (SSSR count). The van der Waals surface area contributed by atoms with Crippen LogP contribution in [-0.2, 0) is 0 Å². The Morgan fingerprint density at radius 1 is 1.18 bits per heavy atom. The van der Waals surface area contributed by atoms with Crippen molar-refractivity contribution in [1.29, 1.82) is 0 Å². The minimum atomic E-state index is 0.550. The number of nitrogens with one attached hydrogen (secondary N) is 2. The lowest BCUT2D eigenvalue weighted by Crippen LogP contribution is -2.43. The Bertz CT molecular complexity index is 233. The fourth-order valence-electron chi connectivity index (χ4n) is 2.99. The monoisotopic (exact) mass is 238 g/mol. The number of hydrogen-bond acceptors (Lipinski definition) is 2. The maximum atomic E-state index is 3.73.